The first-order chi connectivity index (χ1) is 9.77. The van der Waals surface area contributed by atoms with Gasteiger partial charge in [-0.25, -0.2) is 8.42 Å². The zero-order chi connectivity index (χ0) is 15.6. The van der Waals surface area contributed by atoms with Crippen LogP contribution in [0.25, 0.3) is 0 Å². The third-order valence-corrected chi connectivity index (χ3v) is 4.32. The first-order valence-corrected chi connectivity index (χ1v) is 8.29. The van der Waals surface area contributed by atoms with Crippen LogP contribution in [0.5, 0.6) is 5.75 Å². The average Bonchev–Trinajstić information content (AvgIpc) is 2.38. The molecule has 8 heteroatoms. The van der Waals surface area contributed by atoms with Gasteiger partial charge < -0.3 is 15.8 Å². The number of nitrogens with one attached hydrogen (secondary N) is 2. The Kier molecular flexibility index (Phi) is 4.26. The van der Waals surface area contributed by atoms with Crippen LogP contribution in [0.3, 0.4) is 0 Å². The molecule has 1 aromatic rings. The van der Waals surface area contributed by atoms with Gasteiger partial charge in [0.05, 0.1) is 22.8 Å². The summed E-state index contributed by atoms with van der Waals surface area (Å²) in [5, 5.41) is 2.61. The van der Waals surface area contributed by atoms with E-state index in [0.717, 1.165) is 0 Å². The van der Waals surface area contributed by atoms with Crippen molar-refractivity contribution >= 4 is 33.0 Å². The number of hydrogen-bond donors (Lipinski definition) is 3. The predicted molar refractivity (Wildman–Crippen MR) is 81.8 cm³/mol. The Morgan fingerprint density at radius 2 is 2.14 bits per heavy atom. The monoisotopic (exact) mass is 313 g/mol. The number of rotatable bonds is 5. The number of carbonyl (C=O) groups is 1. The molecule has 1 aromatic carbocycles. The van der Waals surface area contributed by atoms with Gasteiger partial charge in [0.25, 0.3) is 5.91 Å². The molecule has 0 radical (unpaired) electrons. The van der Waals surface area contributed by atoms with Gasteiger partial charge in [0.2, 0.25) is 10.0 Å². The first kappa shape index (κ1) is 15.4. The molecule has 0 unspecified atom stereocenters. The number of amides is 1. The topological polar surface area (TPSA) is 111 Å². The molecule has 0 spiro atoms. The Labute approximate surface area is 123 Å². The summed E-state index contributed by atoms with van der Waals surface area (Å²) in [6.07, 6.45) is 0.556. The maximum atomic E-state index is 12.0. The molecule has 1 heterocycles. The van der Waals surface area contributed by atoms with E-state index >= 15 is 0 Å². The summed E-state index contributed by atoms with van der Waals surface area (Å²) in [7, 11) is -3.48. The molecule has 1 aliphatic rings. The van der Waals surface area contributed by atoms with Crippen molar-refractivity contribution in [1.29, 1.82) is 0 Å². The van der Waals surface area contributed by atoms with Gasteiger partial charge in [0.15, 0.2) is 6.61 Å². The van der Waals surface area contributed by atoms with Crippen molar-refractivity contribution < 1.29 is 17.9 Å². The fourth-order valence-corrected chi connectivity index (χ4v) is 3.24. The Morgan fingerprint density at radius 3 is 2.81 bits per heavy atom. The lowest BCUT2D eigenvalue weighted by molar-refractivity contribution is -0.118. The lowest BCUT2D eigenvalue weighted by Gasteiger charge is -2.20. The zero-order valence-electron chi connectivity index (χ0n) is 12.0. The van der Waals surface area contributed by atoms with Crippen LogP contribution < -0.4 is 20.5 Å². The molecule has 0 bridgehead atoms. The van der Waals surface area contributed by atoms with Crippen molar-refractivity contribution in [3.05, 3.63) is 12.1 Å². The van der Waals surface area contributed by atoms with Crippen LogP contribution in [0.1, 0.15) is 20.3 Å². The van der Waals surface area contributed by atoms with Crippen molar-refractivity contribution in [3.8, 4) is 5.75 Å². The number of sulfonamides is 1. The van der Waals surface area contributed by atoms with E-state index in [1.165, 1.54) is 12.1 Å². The van der Waals surface area contributed by atoms with Crippen LogP contribution in [-0.4, -0.2) is 26.7 Å². The summed E-state index contributed by atoms with van der Waals surface area (Å²) in [5.41, 5.74) is 6.71. The standard InChI is InChI=1S/C13H19N3O4S/c1-8(2)3-4-21(18,19)16-10-6-11-12(5-9(10)14)20-7-13(17)15-11/h5-6,8,16H,3-4,7,14H2,1-2H3,(H,15,17). The molecule has 0 fully saturated rings. The van der Waals surface area contributed by atoms with Crippen molar-refractivity contribution in [2.24, 2.45) is 5.92 Å². The maximum absolute atomic E-state index is 12.0. The van der Waals surface area contributed by atoms with Crippen LogP contribution in [0.4, 0.5) is 17.1 Å². The first-order valence-electron chi connectivity index (χ1n) is 6.63. The summed E-state index contributed by atoms with van der Waals surface area (Å²) < 4.78 is 31.7. The van der Waals surface area contributed by atoms with Gasteiger partial charge in [-0.1, -0.05) is 13.8 Å². The lowest BCUT2D eigenvalue weighted by atomic mass is 10.2. The fraction of sp³-hybridized carbons (Fsp3) is 0.462. The van der Waals surface area contributed by atoms with Crippen molar-refractivity contribution in [2.45, 2.75) is 20.3 Å². The van der Waals surface area contributed by atoms with Gasteiger partial charge >= 0.3 is 0 Å². The summed E-state index contributed by atoms with van der Waals surface area (Å²) in [6, 6.07) is 2.96. The molecule has 116 valence electrons. The highest BCUT2D eigenvalue weighted by molar-refractivity contribution is 7.92. The van der Waals surface area contributed by atoms with E-state index in [9.17, 15) is 13.2 Å². The third-order valence-electron chi connectivity index (χ3n) is 3.01. The molecular formula is C13H19N3O4S. The second-order valence-corrected chi connectivity index (χ2v) is 7.22. The number of carbonyl (C=O) groups excluding carboxylic acids is 1. The zero-order valence-corrected chi connectivity index (χ0v) is 12.8. The van der Waals surface area contributed by atoms with E-state index in [-0.39, 0.29) is 35.6 Å². The number of nitrogen functional groups attached to an aromatic ring is 1. The highest BCUT2D eigenvalue weighted by Gasteiger charge is 2.20. The highest BCUT2D eigenvalue weighted by Crippen LogP contribution is 2.35. The predicted octanol–water partition coefficient (Wildman–Crippen LogP) is 1.39. The number of hydrogen-bond acceptors (Lipinski definition) is 5. The summed E-state index contributed by atoms with van der Waals surface area (Å²) in [6.45, 7) is 3.83. The van der Waals surface area contributed by atoms with E-state index in [1.807, 2.05) is 13.8 Å². The van der Waals surface area contributed by atoms with E-state index in [0.29, 0.717) is 17.9 Å². The maximum Gasteiger partial charge on any atom is 0.262 e. The number of benzene rings is 1. The van der Waals surface area contributed by atoms with Gasteiger partial charge in [-0.05, 0) is 18.4 Å². The molecule has 1 amide bonds. The number of nitrogens with two attached hydrogens (primary N) is 1. The van der Waals surface area contributed by atoms with E-state index in [2.05, 4.69) is 10.0 Å². The van der Waals surface area contributed by atoms with E-state index < -0.39 is 10.0 Å². The molecule has 0 atom stereocenters. The second-order valence-electron chi connectivity index (χ2n) is 5.38. The minimum absolute atomic E-state index is 0.0179. The summed E-state index contributed by atoms with van der Waals surface area (Å²) in [4.78, 5) is 11.3. The Balaban J connectivity index is 2.20. The van der Waals surface area contributed by atoms with Crippen LogP contribution in [0, 0.1) is 5.92 Å². The molecule has 0 aromatic heterocycles. The molecule has 4 N–H and O–H groups in total. The molecular weight excluding hydrogens is 294 g/mol. The van der Waals surface area contributed by atoms with Crippen LogP contribution >= 0.6 is 0 Å². The van der Waals surface area contributed by atoms with Gasteiger partial charge in [0, 0.05) is 6.07 Å². The molecule has 21 heavy (non-hydrogen) atoms. The number of ether oxygens (including phenoxy) is 1. The molecule has 2 rings (SSSR count). The Morgan fingerprint density at radius 1 is 1.43 bits per heavy atom. The van der Waals surface area contributed by atoms with Gasteiger partial charge in [0.1, 0.15) is 5.75 Å². The number of anilines is 3. The van der Waals surface area contributed by atoms with Crippen LogP contribution in [-0.2, 0) is 14.8 Å². The average molecular weight is 313 g/mol. The quantitative estimate of drug-likeness (QED) is 0.711. The fourth-order valence-electron chi connectivity index (χ4n) is 1.84. The Hall–Kier alpha value is -1.96. The van der Waals surface area contributed by atoms with Gasteiger partial charge in [-0.2, -0.15) is 0 Å². The van der Waals surface area contributed by atoms with Crippen molar-refractivity contribution in [3.63, 3.8) is 0 Å². The van der Waals surface area contributed by atoms with E-state index in [1.54, 1.807) is 0 Å². The summed E-state index contributed by atoms with van der Waals surface area (Å²) in [5.74, 6) is 0.442. The largest absolute Gasteiger partial charge is 0.482 e. The third kappa shape index (κ3) is 4.01. The lowest BCUT2D eigenvalue weighted by Crippen LogP contribution is -2.26. The molecule has 7 nitrogen and oxygen atoms in total. The van der Waals surface area contributed by atoms with E-state index in [4.69, 9.17) is 10.5 Å². The van der Waals surface area contributed by atoms with Crippen molar-refractivity contribution in [2.75, 3.05) is 28.1 Å². The Bertz CT molecular complexity index is 656. The molecule has 1 aliphatic heterocycles. The minimum atomic E-state index is -3.48. The SMILES string of the molecule is CC(C)CCS(=O)(=O)Nc1cc2c(cc1N)OCC(=O)N2. The second kappa shape index (κ2) is 5.80. The molecule has 0 saturated carbocycles. The van der Waals surface area contributed by atoms with Crippen molar-refractivity contribution in [1.82, 2.24) is 0 Å². The summed E-state index contributed by atoms with van der Waals surface area (Å²) >= 11 is 0. The highest BCUT2D eigenvalue weighted by atomic mass is 32.2. The van der Waals surface area contributed by atoms with Gasteiger partial charge in [-0.15, -0.1) is 0 Å². The van der Waals surface area contributed by atoms with Gasteiger partial charge in [-0.3, -0.25) is 9.52 Å². The normalized spacial score (nSPS) is 14.3. The van der Waals surface area contributed by atoms with Crippen LogP contribution in [0.2, 0.25) is 0 Å². The molecule has 0 aliphatic carbocycles. The van der Waals surface area contributed by atoms with Crippen LogP contribution in [0.15, 0.2) is 12.1 Å². The minimum Gasteiger partial charge on any atom is -0.482 e. The molecule has 0 saturated heterocycles. The number of fused-ring (bicyclic) bond motifs is 1. The smallest absolute Gasteiger partial charge is 0.262 e.